The lowest BCUT2D eigenvalue weighted by atomic mass is 10.3. The number of likely N-dealkylation sites (N-methyl/N-ethyl adjacent to an activating group) is 1. The first kappa shape index (κ1) is 13.2. The maximum absolute atomic E-state index is 12.3. The summed E-state index contributed by atoms with van der Waals surface area (Å²) in [6, 6.07) is 1.87. The van der Waals surface area contributed by atoms with E-state index in [1.54, 1.807) is 30.4 Å². The van der Waals surface area contributed by atoms with Crippen LogP contribution in [0.4, 0.5) is 0 Å². The van der Waals surface area contributed by atoms with Crippen LogP contribution in [0.2, 0.25) is 0 Å². The van der Waals surface area contributed by atoms with Crippen LogP contribution in [0.1, 0.15) is 23.1 Å². The average molecular weight is 259 g/mol. The van der Waals surface area contributed by atoms with Crippen LogP contribution in [-0.4, -0.2) is 43.6 Å². The first-order valence-corrected chi connectivity index (χ1v) is 6.26. The predicted molar refractivity (Wildman–Crippen MR) is 70.6 cm³/mol. The lowest BCUT2D eigenvalue weighted by Crippen LogP contribution is -2.34. The number of carbonyl (C=O) groups excluding carboxylic acids is 1. The first-order chi connectivity index (χ1) is 9.20. The Morgan fingerprint density at radius 3 is 2.68 bits per heavy atom. The van der Waals surface area contributed by atoms with Gasteiger partial charge in [-0.1, -0.05) is 0 Å². The highest BCUT2D eigenvalue weighted by Gasteiger charge is 2.14. The fourth-order valence-corrected chi connectivity index (χ4v) is 1.74. The van der Waals surface area contributed by atoms with E-state index in [9.17, 15) is 4.79 Å². The van der Waals surface area contributed by atoms with Crippen LogP contribution in [0, 0.1) is 6.92 Å². The van der Waals surface area contributed by atoms with Crippen molar-refractivity contribution >= 4 is 5.91 Å². The first-order valence-electron chi connectivity index (χ1n) is 6.26. The van der Waals surface area contributed by atoms with Gasteiger partial charge in [-0.05, 0) is 19.9 Å². The highest BCUT2D eigenvalue weighted by molar-refractivity contribution is 5.93. The SMILES string of the molecule is CCN(CCn1cccn1)C(=O)c1cnc(C)nc1. The van der Waals surface area contributed by atoms with Crippen LogP contribution in [0.3, 0.4) is 0 Å². The molecule has 0 atom stereocenters. The molecule has 2 rings (SSSR count). The molecule has 0 saturated carbocycles. The van der Waals surface area contributed by atoms with Crippen LogP contribution in [0.5, 0.6) is 0 Å². The number of amides is 1. The normalized spacial score (nSPS) is 10.4. The summed E-state index contributed by atoms with van der Waals surface area (Å²) < 4.78 is 1.81. The van der Waals surface area contributed by atoms with Gasteiger partial charge >= 0.3 is 0 Å². The number of aromatic nitrogens is 4. The van der Waals surface area contributed by atoms with Gasteiger partial charge in [0.05, 0.1) is 12.1 Å². The average Bonchev–Trinajstić information content (AvgIpc) is 2.93. The molecule has 1 amide bonds. The molecule has 6 nitrogen and oxygen atoms in total. The number of hydrogen-bond donors (Lipinski definition) is 0. The Hall–Kier alpha value is -2.24. The minimum absolute atomic E-state index is 0.0466. The number of rotatable bonds is 5. The second-order valence-corrected chi connectivity index (χ2v) is 4.17. The monoisotopic (exact) mass is 259 g/mol. The highest BCUT2D eigenvalue weighted by atomic mass is 16.2. The van der Waals surface area contributed by atoms with Gasteiger partial charge < -0.3 is 4.90 Å². The van der Waals surface area contributed by atoms with Crippen molar-refractivity contribution in [2.75, 3.05) is 13.1 Å². The Labute approximate surface area is 112 Å². The molecule has 6 heteroatoms. The second-order valence-electron chi connectivity index (χ2n) is 4.17. The van der Waals surface area contributed by atoms with Crippen molar-refractivity contribution in [3.63, 3.8) is 0 Å². The largest absolute Gasteiger partial charge is 0.337 e. The molecule has 100 valence electrons. The van der Waals surface area contributed by atoms with E-state index >= 15 is 0 Å². The van der Waals surface area contributed by atoms with Crippen molar-refractivity contribution in [3.8, 4) is 0 Å². The van der Waals surface area contributed by atoms with Gasteiger partial charge in [-0.15, -0.1) is 0 Å². The van der Waals surface area contributed by atoms with Crippen LogP contribution in [0.25, 0.3) is 0 Å². The molecule has 0 aromatic carbocycles. The van der Waals surface area contributed by atoms with E-state index in [2.05, 4.69) is 15.1 Å². The zero-order chi connectivity index (χ0) is 13.7. The summed E-state index contributed by atoms with van der Waals surface area (Å²) >= 11 is 0. The van der Waals surface area contributed by atoms with Crippen molar-refractivity contribution in [1.29, 1.82) is 0 Å². The predicted octanol–water partition coefficient (Wildman–Crippen LogP) is 1.14. The summed E-state index contributed by atoms with van der Waals surface area (Å²) in [5.74, 6) is 0.616. The molecule has 0 saturated heterocycles. The molecular formula is C13H17N5O. The topological polar surface area (TPSA) is 63.9 Å². The molecule has 0 aliphatic rings. The van der Waals surface area contributed by atoms with Gasteiger partial charge in [0.1, 0.15) is 5.82 Å². The van der Waals surface area contributed by atoms with Crippen molar-refractivity contribution in [2.45, 2.75) is 20.4 Å². The van der Waals surface area contributed by atoms with Gasteiger partial charge in [0, 0.05) is 37.9 Å². The summed E-state index contributed by atoms with van der Waals surface area (Å²) in [6.07, 6.45) is 6.75. The Morgan fingerprint density at radius 2 is 2.11 bits per heavy atom. The number of hydrogen-bond acceptors (Lipinski definition) is 4. The van der Waals surface area contributed by atoms with E-state index in [-0.39, 0.29) is 5.91 Å². The summed E-state index contributed by atoms with van der Waals surface area (Å²) in [5, 5.41) is 4.12. The third-order valence-electron chi connectivity index (χ3n) is 2.86. The lowest BCUT2D eigenvalue weighted by Gasteiger charge is -2.20. The quantitative estimate of drug-likeness (QED) is 0.808. The summed E-state index contributed by atoms with van der Waals surface area (Å²) in [5.41, 5.74) is 0.521. The van der Waals surface area contributed by atoms with Crippen molar-refractivity contribution in [1.82, 2.24) is 24.6 Å². The van der Waals surface area contributed by atoms with E-state index in [1.807, 2.05) is 23.9 Å². The maximum Gasteiger partial charge on any atom is 0.257 e. The molecule has 0 unspecified atom stereocenters. The molecular weight excluding hydrogens is 242 g/mol. The van der Waals surface area contributed by atoms with E-state index in [0.717, 1.165) is 0 Å². The fraction of sp³-hybridized carbons (Fsp3) is 0.385. The maximum atomic E-state index is 12.3. The molecule has 2 heterocycles. The Kier molecular flexibility index (Phi) is 4.22. The molecule has 0 radical (unpaired) electrons. The molecule has 0 spiro atoms. The minimum Gasteiger partial charge on any atom is -0.337 e. The molecule has 0 aliphatic heterocycles. The molecule has 2 aromatic heterocycles. The number of aryl methyl sites for hydroxylation is 1. The fourth-order valence-electron chi connectivity index (χ4n) is 1.74. The summed E-state index contributed by atoms with van der Waals surface area (Å²) in [7, 11) is 0. The Balaban J connectivity index is 2.00. The van der Waals surface area contributed by atoms with Gasteiger partial charge in [-0.2, -0.15) is 5.10 Å². The van der Waals surface area contributed by atoms with Crippen LogP contribution in [-0.2, 0) is 6.54 Å². The van der Waals surface area contributed by atoms with Gasteiger partial charge in [0.25, 0.3) is 5.91 Å². The zero-order valence-electron chi connectivity index (χ0n) is 11.2. The third kappa shape index (κ3) is 3.37. The lowest BCUT2D eigenvalue weighted by molar-refractivity contribution is 0.0756. The van der Waals surface area contributed by atoms with E-state index < -0.39 is 0 Å². The van der Waals surface area contributed by atoms with Crippen LogP contribution in [0.15, 0.2) is 30.9 Å². The molecule has 2 aromatic rings. The summed E-state index contributed by atoms with van der Waals surface area (Å²) in [6.45, 7) is 5.69. The summed E-state index contributed by atoms with van der Waals surface area (Å²) in [4.78, 5) is 22.1. The van der Waals surface area contributed by atoms with Crippen molar-refractivity contribution in [3.05, 3.63) is 42.2 Å². The van der Waals surface area contributed by atoms with Crippen LogP contribution < -0.4 is 0 Å². The zero-order valence-corrected chi connectivity index (χ0v) is 11.2. The van der Waals surface area contributed by atoms with Crippen molar-refractivity contribution < 1.29 is 4.79 Å². The minimum atomic E-state index is -0.0466. The highest BCUT2D eigenvalue weighted by Crippen LogP contribution is 2.03. The smallest absolute Gasteiger partial charge is 0.257 e. The van der Waals surface area contributed by atoms with Gasteiger partial charge in [0.2, 0.25) is 0 Å². The molecule has 0 aliphatic carbocycles. The van der Waals surface area contributed by atoms with Gasteiger partial charge in [-0.3, -0.25) is 9.48 Å². The second kappa shape index (κ2) is 6.08. The number of carbonyl (C=O) groups is 1. The van der Waals surface area contributed by atoms with E-state index in [4.69, 9.17) is 0 Å². The Morgan fingerprint density at radius 1 is 1.37 bits per heavy atom. The molecule has 19 heavy (non-hydrogen) atoms. The van der Waals surface area contributed by atoms with E-state index in [0.29, 0.717) is 31.0 Å². The molecule has 0 fully saturated rings. The van der Waals surface area contributed by atoms with Gasteiger partial charge in [-0.25, -0.2) is 9.97 Å². The molecule has 0 N–H and O–H groups in total. The van der Waals surface area contributed by atoms with E-state index in [1.165, 1.54) is 0 Å². The van der Waals surface area contributed by atoms with Gasteiger partial charge in [0.15, 0.2) is 0 Å². The van der Waals surface area contributed by atoms with Crippen LogP contribution >= 0.6 is 0 Å². The Bertz CT molecular complexity index is 520. The number of nitrogens with zero attached hydrogens (tertiary/aromatic N) is 5. The third-order valence-corrected chi connectivity index (χ3v) is 2.86. The standard InChI is InChI=1S/C13H17N5O/c1-3-17(7-8-18-6-4-5-16-18)13(19)12-9-14-11(2)15-10-12/h4-6,9-10H,3,7-8H2,1-2H3. The molecule has 0 bridgehead atoms. The van der Waals surface area contributed by atoms with Crippen molar-refractivity contribution in [2.24, 2.45) is 0 Å².